The van der Waals surface area contributed by atoms with Gasteiger partial charge in [-0.15, -0.1) is 0 Å². The number of methoxy groups -OCH3 is 2. The first kappa shape index (κ1) is 14.9. The lowest BCUT2D eigenvalue weighted by atomic mass is 10.1. The Bertz CT molecular complexity index is 634. The molecule has 0 spiro atoms. The fourth-order valence-corrected chi connectivity index (χ4v) is 3.19. The van der Waals surface area contributed by atoms with E-state index < -0.39 is 0 Å². The van der Waals surface area contributed by atoms with Crippen molar-refractivity contribution in [3.05, 3.63) is 24.4 Å². The molecule has 22 heavy (non-hydrogen) atoms. The molecule has 0 aliphatic heterocycles. The van der Waals surface area contributed by atoms with Gasteiger partial charge in [-0.2, -0.15) is 0 Å². The lowest BCUT2D eigenvalue weighted by molar-refractivity contribution is 0.356. The zero-order chi connectivity index (χ0) is 15.4. The number of rotatable bonds is 4. The first-order valence-corrected chi connectivity index (χ1v) is 8.08. The van der Waals surface area contributed by atoms with Crippen molar-refractivity contribution in [3.8, 4) is 11.5 Å². The van der Waals surface area contributed by atoms with Gasteiger partial charge in [-0.05, 0) is 25.0 Å². The van der Waals surface area contributed by atoms with Gasteiger partial charge in [0.1, 0.15) is 0 Å². The van der Waals surface area contributed by atoms with Gasteiger partial charge in [0, 0.05) is 17.5 Å². The fourth-order valence-electron chi connectivity index (χ4n) is 3.19. The van der Waals surface area contributed by atoms with Crippen LogP contribution < -0.4 is 14.8 Å². The topological polar surface area (TPSA) is 43.4 Å². The summed E-state index contributed by atoms with van der Waals surface area (Å²) in [5.41, 5.74) is 2.01. The van der Waals surface area contributed by atoms with E-state index in [1.807, 2.05) is 18.3 Å². The molecule has 0 unspecified atom stereocenters. The van der Waals surface area contributed by atoms with E-state index in [1.165, 1.54) is 38.5 Å². The minimum atomic E-state index is 0.571. The monoisotopic (exact) mass is 300 g/mol. The van der Waals surface area contributed by atoms with Crippen LogP contribution in [0.4, 0.5) is 5.69 Å². The minimum Gasteiger partial charge on any atom is -0.493 e. The number of hydrogen-bond acceptors (Lipinski definition) is 4. The van der Waals surface area contributed by atoms with Gasteiger partial charge in [0.2, 0.25) is 0 Å². The quantitative estimate of drug-likeness (QED) is 0.851. The molecular formula is C18H24N2O2. The van der Waals surface area contributed by atoms with Crippen molar-refractivity contribution in [2.75, 3.05) is 19.5 Å². The van der Waals surface area contributed by atoms with E-state index in [2.05, 4.69) is 16.4 Å². The van der Waals surface area contributed by atoms with Crippen LogP contribution in [0.2, 0.25) is 0 Å². The molecule has 3 rings (SSSR count). The summed E-state index contributed by atoms with van der Waals surface area (Å²) in [4.78, 5) is 4.56. The van der Waals surface area contributed by atoms with Gasteiger partial charge in [0.25, 0.3) is 0 Å². The summed E-state index contributed by atoms with van der Waals surface area (Å²) in [5.74, 6) is 1.45. The number of pyridine rings is 1. The molecule has 1 aliphatic carbocycles. The summed E-state index contributed by atoms with van der Waals surface area (Å²) >= 11 is 0. The highest BCUT2D eigenvalue weighted by Gasteiger charge is 2.13. The Balaban J connectivity index is 1.85. The number of anilines is 1. The maximum atomic E-state index is 5.38. The Labute approximate surface area is 131 Å². The standard InChI is InChI=1S/C18H24N2O2/c1-21-17-10-13-9-15(12-19-16(13)11-18(17)22-2)20-14-7-5-3-4-6-8-14/h9-12,14,20H,3-8H2,1-2H3. The van der Waals surface area contributed by atoms with Gasteiger partial charge >= 0.3 is 0 Å². The van der Waals surface area contributed by atoms with Crippen molar-refractivity contribution in [3.63, 3.8) is 0 Å². The second-order valence-electron chi connectivity index (χ2n) is 5.96. The summed E-state index contributed by atoms with van der Waals surface area (Å²) in [5, 5.41) is 4.71. The Morgan fingerprint density at radius 2 is 1.64 bits per heavy atom. The van der Waals surface area contributed by atoms with E-state index in [4.69, 9.17) is 9.47 Å². The average Bonchev–Trinajstić information content (AvgIpc) is 2.82. The third kappa shape index (κ3) is 3.26. The van der Waals surface area contributed by atoms with Crippen LogP contribution >= 0.6 is 0 Å². The molecule has 1 fully saturated rings. The first-order valence-electron chi connectivity index (χ1n) is 8.08. The van der Waals surface area contributed by atoms with Crippen molar-refractivity contribution in [2.24, 2.45) is 0 Å². The number of ether oxygens (including phenoxy) is 2. The predicted octanol–water partition coefficient (Wildman–Crippen LogP) is 4.39. The molecule has 1 N–H and O–H groups in total. The molecule has 0 radical (unpaired) electrons. The zero-order valence-corrected chi connectivity index (χ0v) is 13.4. The van der Waals surface area contributed by atoms with Gasteiger partial charge < -0.3 is 14.8 Å². The van der Waals surface area contributed by atoms with Gasteiger partial charge in [-0.1, -0.05) is 25.7 Å². The van der Waals surface area contributed by atoms with Gasteiger partial charge in [-0.3, -0.25) is 4.98 Å². The number of hydrogen-bond donors (Lipinski definition) is 1. The van der Waals surface area contributed by atoms with E-state index in [9.17, 15) is 0 Å². The SMILES string of the molecule is COc1cc2cc(NC3CCCCCC3)cnc2cc1OC. The van der Waals surface area contributed by atoms with Crippen LogP contribution in [-0.2, 0) is 0 Å². The number of fused-ring (bicyclic) bond motifs is 1. The molecule has 0 atom stereocenters. The van der Waals surface area contributed by atoms with Crippen molar-refractivity contribution < 1.29 is 9.47 Å². The number of benzene rings is 1. The Hall–Kier alpha value is -1.97. The number of nitrogens with one attached hydrogen (secondary N) is 1. The lowest BCUT2D eigenvalue weighted by Gasteiger charge is -2.18. The Morgan fingerprint density at radius 3 is 2.32 bits per heavy atom. The zero-order valence-electron chi connectivity index (χ0n) is 13.4. The molecule has 1 heterocycles. The third-order valence-corrected chi connectivity index (χ3v) is 4.41. The summed E-state index contributed by atoms with van der Waals surface area (Å²) in [6.45, 7) is 0. The second-order valence-corrected chi connectivity index (χ2v) is 5.96. The number of aromatic nitrogens is 1. The maximum absolute atomic E-state index is 5.38. The Kier molecular flexibility index (Phi) is 4.66. The van der Waals surface area contributed by atoms with Crippen LogP contribution in [0.25, 0.3) is 10.9 Å². The van der Waals surface area contributed by atoms with Gasteiger partial charge in [-0.25, -0.2) is 0 Å². The molecule has 2 aromatic rings. The Morgan fingerprint density at radius 1 is 0.955 bits per heavy atom. The van der Waals surface area contributed by atoms with Crippen LogP contribution in [0.1, 0.15) is 38.5 Å². The molecule has 0 saturated heterocycles. The highest BCUT2D eigenvalue weighted by Crippen LogP contribution is 2.32. The molecule has 1 aliphatic rings. The molecule has 1 aromatic heterocycles. The predicted molar refractivity (Wildman–Crippen MR) is 90.0 cm³/mol. The van der Waals surface area contributed by atoms with Gasteiger partial charge in [0.05, 0.1) is 31.6 Å². The molecule has 0 amide bonds. The van der Waals surface area contributed by atoms with Crippen LogP contribution in [0, 0.1) is 0 Å². The van der Waals surface area contributed by atoms with Crippen molar-refractivity contribution in [1.29, 1.82) is 0 Å². The van der Waals surface area contributed by atoms with Crippen LogP contribution in [0.5, 0.6) is 11.5 Å². The second kappa shape index (κ2) is 6.86. The summed E-state index contributed by atoms with van der Waals surface area (Å²) in [7, 11) is 3.30. The molecule has 4 heteroatoms. The van der Waals surface area contributed by atoms with Crippen LogP contribution in [0.15, 0.2) is 24.4 Å². The van der Waals surface area contributed by atoms with Crippen LogP contribution in [0.3, 0.4) is 0 Å². The molecule has 4 nitrogen and oxygen atoms in total. The fraction of sp³-hybridized carbons (Fsp3) is 0.500. The first-order chi connectivity index (χ1) is 10.8. The lowest BCUT2D eigenvalue weighted by Crippen LogP contribution is -2.18. The summed E-state index contributed by atoms with van der Waals surface area (Å²) in [6.07, 6.45) is 9.80. The van der Waals surface area contributed by atoms with Gasteiger partial charge in [0.15, 0.2) is 11.5 Å². The van der Waals surface area contributed by atoms with Crippen LogP contribution in [-0.4, -0.2) is 25.2 Å². The highest BCUT2D eigenvalue weighted by molar-refractivity contribution is 5.85. The average molecular weight is 300 g/mol. The third-order valence-electron chi connectivity index (χ3n) is 4.41. The molecule has 1 saturated carbocycles. The van der Waals surface area contributed by atoms with Crippen molar-refractivity contribution in [1.82, 2.24) is 4.98 Å². The van der Waals surface area contributed by atoms with Crippen molar-refractivity contribution in [2.45, 2.75) is 44.6 Å². The molecular weight excluding hydrogens is 276 g/mol. The van der Waals surface area contributed by atoms with E-state index >= 15 is 0 Å². The van der Waals surface area contributed by atoms with E-state index in [-0.39, 0.29) is 0 Å². The maximum Gasteiger partial charge on any atom is 0.162 e. The van der Waals surface area contributed by atoms with Crippen molar-refractivity contribution >= 4 is 16.6 Å². The smallest absolute Gasteiger partial charge is 0.162 e. The minimum absolute atomic E-state index is 0.571. The normalized spacial score (nSPS) is 16.3. The summed E-state index contributed by atoms with van der Waals surface area (Å²) in [6, 6.07) is 6.62. The molecule has 1 aromatic carbocycles. The summed E-state index contributed by atoms with van der Waals surface area (Å²) < 4.78 is 10.7. The molecule has 118 valence electrons. The highest BCUT2D eigenvalue weighted by atomic mass is 16.5. The van der Waals surface area contributed by atoms with E-state index in [0.717, 1.165) is 22.3 Å². The largest absolute Gasteiger partial charge is 0.493 e. The van der Waals surface area contributed by atoms with E-state index in [0.29, 0.717) is 11.8 Å². The van der Waals surface area contributed by atoms with E-state index in [1.54, 1.807) is 14.2 Å². The molecule has 0 bridgehead atoms. The number of nitrogens with zero attached hydrogens (tertiary/aromatic N) is 1.